The Morgan fingerprint density at radius 3 is 2.82 bits per heavy atom. The Labute approximate surface area is 98.6 Å². The van der Waals surface area contributed by atoms with Crippen molar-refractivity contribution < 1.29 is 4.39 Å². The molecule has 0 aliphatic rings. The number of hydrogen-bond acceptors (Lipinski definition) is 4. The minimum Gasteiger partial charge on any atom is -0.353 e. The molecule has 17 heavy (non-hydrogen) atoms. The Morgan fingerprint density at radius 2 is 2.06 bits per heavy atom. The van der Waals surface area contributed by atoms with Gasteiger partial charge in [0.1, 0.15) is 11.6 Å². The van der Waals surface area contributed by atoms with Gasteiger partial charge in [-0.15, -0.1) is 0 Å². The fraction of sp³-hybridized carbons (Fsp3) is 0.0833. The largest absolute Gasteiger partial charge is 0.353 e. The van der Waals surface area contributed by atoms with Crippen molar-refractivity contribution in [1.29, 1.82) is 0 Å². The third-order valence-corrected chi connectivity index (χ3v) is 2.31. The van der Waals surface area contributed by atoms with E-state index in [2.05, 4.69) is 15.7 Å². The van der Waals surface area contributed by atoms with Crippen LogP contribution in [0.3, 0.4) is 0 Å². The zero-order valence-electron chi connectivity index (χ0n) is 9.37. The number of nitrogens with one attached hydrogen (secondary N) is 2. The minimum atomic E-state index is -0.297. The highest BCUT2D eigenvalue weighted by Gasteiger charge is 2.03. The van der Waals surface area contributed by atoms with Gasteiger partial charge in [0.25, 0.3) is 0 Å². The molecule has 1 heterocycles. The summed E-state index contributed by atoms with van der Waals surface area (Å²) in [5.74, 6) is 5.47. The molecule has 0 saturated heterocycles. The van der Waals surface area contributed by atoms with Gasteiger partial charge in [-0.1, -0.05) is 6.07 Å². The first-order valence-corrected chi connectivity index (χ1v) is 5.15. The van der Waals surface area contributed by atoms with Gasteiger partial charge in [0.2, 0.25) is 0 Å². The zero-order valence-corrected chi connectivity index (χ0v) is 9.37. The number of nitrogens with zero attached hydrogens (tertiary/aromatic N) is 1. The summed E-state index contributed by atoms with van der Waals surface area (Å²) in [5.41, 5.74) is 4.57. The van der Waals surface area contributed by atoms with E-state index >= 15 is 0 Å². The predicted octanol–water partition coefficient (Wildman–Crippen LogP) is 2.56. The van der Waals surface area contributed by atoms with Crippen molar-refractivity contribution in [1.82, 2.24) is 4.98 Å². The molecule has 0 aliphatic carbocycles. The number of aryl methyl sites for hydroxylation is 1. The Balaban J connectivity index is 2.27. The van der Waals surface area contributed by atoms with Gasteiger partial charge in [0.05, 0.1) is 5.69 Å². The second-order valence-corrected chi connectivity index (χ2v) is 3.68. The first-order chi connectivity index (χ1) is 8.19. The number of hydrogen-bond donors (Lipinski definition) is 3. The molecule has 0 spiro atoms. The number of nitrogens with two attached hydrogens (primary N) is 1. The number of rotatable bonds is 3. The lowest BCUT2D eigenvalue weighted by Crippen LogP contribution is -2.08. The summed E-state index contributed by atoms with van der Waals surface area (Å²) in [6, 6.07) is 8.33. The smallest absolute Gasteiger partial charge is 0.146 e. The lowest BCUT2D eigenvalue weighted by atomic mass is 10.2. The highest BCUT2D eigenvalue weighted by Crippen LogP contribution is 2.21. The van der Waals surface area contributed by atoms with E-state index in [1.54, 1.807) is 30.5 Å². The number of halogens is 1. The summed E-state index contributed by atoms with van der Waals surface area (Å²) in [7, 11) is 0. The van der Waals surface area contributed by atoms with Gasteiger partial charge in [-0.3, -0.25) is 0 Å². The van der Waals surface area contributed by atoms with Gasteiger partial charge < -0.3 is 10.7 Å². The van der Waals surface area contributed by atoms with Crippen molar-refractivity contribution in [3.05, 3.63) is 47.9 Å². The summed E-state index contributed by atoms with van der Waals surface area (Å²) < 4.78 is 13.5. The molecule has 0 fully saturated rings. The van der Waals surface area contributed by atoms with Crippen LogP contribution in [0.1, 0.15) is 5.56 Å². The van der Waals surface area contributed by atoms with Crippen molar-refractivity contribution in [2.45, 2.75) is 6.92 Å². The fourth-order valence-electron chi connectivity index (χ4n) is 1.48. The Morgan fingerprint density at radius 1 is 1.24 bits per heavy atom. The first kappa shape index (κ1) is 11.3. The van der Waals surface area contributed by atoms with Gasteiger partial charge in [-0.05, 0) is 30.7 Å². The predicted molar refractivity (Wildman–Crippen MR) is 66.5 cm³/mol. The third kappa shape index (κ3) is 2.70. The van der Waals surface area contributed by atoms with Crippen LogP contribution in [0.4, 0.5) is 21.6 Å². The lowest BCUT2D eigenvalue weighted by Gasteiger charge is -2.09. The SMILES string of the molecule is Cc1ccc(F)c(Nc2ccnc(NN)c2)c1. The minimum absolute atomic E-state index is 0.297. The van der Waals surface area contributed by atoms with E-state index in [1.165, 1.54) is 6.07 Å². The summed E-state index contributed by atoms with van der Waals surface area (Å²) in [6.45, 7) is 1.91. The highest BCUT2D eigenvalue weighted by molar-refractivity contribution is 5.63. The van der Waals surface area contributed by atoms with Crippen molar-refractivity contribution in [3.63, 3.8) is 0 Å². The standard InChI is InChI=1S/C12H13FN4/c1-8-2-3-10(13)11(6-8)16-9-4-5-15-12(7-9)17-14/h2-7H,14H2,1H3,(H2,15,16,17). The normalized spacial score (nSPS) is 10.1. The van der Waals surface area contributed by atoms with Crippen molar-refractivity contribution >= 4 is 17.2 Å². The molecular weight excluding hydrogens is 219 g/mol. The van der Waals surface area contributed by atoms with Gasteiger partial charge in [-0.2, -0.15) is 0 Å². The molecule has 1 aromatic carbocycles. The number of aromatic nitrogens is 1. The molecule has 88 valence electrons. The summed E-state index contributed by atoms with van der Waals surface area (Å²) in [6.07, 6.45) is 1.59. The second-order valence-electron chi connectivity index (χ2n) is 3.68. The molecule has 4 N–H and O–H groups in total. The van der Waals surface area contributed by atoms with E-state index in [0.717, 1.165) is 11.3 Å². The average Bonchev–Trinajstić information content (AvgIpc) is 2.34. The van der Waals surface area contributed by atoms with Gasteiger partial charge >= 0.3 is 0 Å². The van der Waals surface area contributed by atoms with E-state index < -0.39 is 0 Å². The van der Waals surface area contributed by atoms with E-state index in [-0.39, 0.29) is 5.82 Å². The van der Waals surface area contributed by atoms with Gasteiger partial charge in [0.15, 0.2) is 0 Å². The number of pyridine rings is 1. The molecule has 0 amide bonds. The number of nitrogen functional groups attached to an aromatic ring is 1. The zero-order chi connectivity index (χ0) is 12.3. The maximum Gasteiger partial charge on any atom is 0.146 e. The molecule has 0 unspecified atom stereocenters. The molecule has 2 aromatic rings. The Bertz CT molecular complexity index is 528. The molecule has 4 nitrogen and oxygen atoms in total. The fourth-order valence-corrected chi connectivity index (χ4v) is 1.48. The van der Waals surface area contributed by atoms with Crippen LogP contribution < -0.4 is 16.6 Å². The van der Waals surface area contributed by atoms with E-state index in [9.17, 15) is 4.39 Å². The van der Waals surface area contributed by atoms with Gasteiger partial charge in [0, 0.05) is 18.0 Å². The maximum atomic E-state index is 13.5. The quantitative estimate of drug-likeness (QED) is 0.562. The Kier molecular flexibility index (Phi) is 3.20. The molecule has 0 aliphatic heterocycles. The van der Waals surface area contributed by atoms with Crippen molar-refractivity contribution in [2.24, 2.45) is 5.84 Å². The number of anilines is 3. The van der Waals surface area contributed by atoms with Crippen molar-refractivity contribution in [2.75, 3.05) is 10.7 Å². The van der Waals surface area contributed by atoms with Crippen LogP contribution in [0, 0.1) is 12.7 Å². The molecule has 0 saturated carbocycles. The average molecular weight is 232 g/mol. The molecule has 0 radical (unpaired) electrons. The molecular formula is C12H13FN4. The molecule has 5 heteroatoms. The van der Waals surface area contributed by atoms with Crippen LogP contribution >= 0.6 is 0 Å². The van der Waals surface area contributed by atoms with E-state index in [1.807, 2.05) is 6.92 Å². The summed E-state index contributed by atoms with van der Waals surface area (Å²) >= 11 is 0. The topological polar surface area (TPSA) is 63.0 Å². The monoisotopic (exact) mass is 232 g/mol. The van der Waals surface area contributed by atoms with Crippen LogP contribution in [0.2, 0.25) is 0 Å². The Hall–Kier alpha value is -2.14. The summed E-state index contributed by atoms with van der Waals surface area (Å²) in [5, 5.41) is 2.98. The molecule has 1 aromatic heterocycles. The van der Waals surface area contributed by atoms with Crippen LogP contribution in [-0.2, 0) is 0 Å². The highest BCUT2D eigenvalue weighted by atomic mass is 19.1. The molecule has 0 bridgehead atoms. The van der Waals surface area contributed by atoms with Crippen LogP contribution in [-0.4, -0.2) is 4.98 Å². The lowest BCUT2D eigenvalue weighted by molar-refractivity contribution is 0.631. The third-order valence-electron chi connectivity index (χ3n) is 2.31. The second kappa shape index (κ2) is 4.80. The summed E-state index contributed by atoms with van der Waals surface area (Å²) in [4.78, 5) is 3.97. The van der Waals surface area contributed by atoms with Gasteiger partial charge in [-0.25, -0.2) is 15.2 Å². The molecule has 2 rings (SSSR count). The van der Waals surface area contributed by atoms with Crippen LogP contribution in [0.5, 0.6) is 0 Å². The van der Waals surface area contributed by atoms with Crippen molar-refractivity contribution in [3.8, 4) is 0 Å². The number of benzene rings is 1. The molecule has 0 atom stereocenters. The first-order valence-electron chi connectivity index (χ1n) is 5.15. The van der Waals surface area contributed by atoms with Crippen LogP contribution in [0.15, 0.2) is 36.5 Å². The van der Waals surface area contributed by atoms with Crippen LogP contribution in [0.25, 0.3) is 0 Å². The number of hydrazine groups is 1. The maximum absolute atomic E-state index is 13.5. The van der Waals surface area contributed by atoms with E-state index in [4.69, 9.17) is 5.84 Å². The van der Waals surface area contributed by atoms with E-state index in [0.29, 0.717) is 11.5 Å².